The fourth-order valence-electron chi connectivity index (χ4n) is 2.06. The molecular weight excluding hydrogens is 272 g/mol. The van der Waals surface area contributed by atoms with Gasteiger partial charge < -0.3 is 9.84 Å². The average molecular weight is 290 g/mol. The fraction of sp³-hybridized carbons (Fsp3) is 0.312. The Labute approximate surface area is 122 Å². The van der Waals surface area contributed by atoms with Crippen LogP contribution in [0.5, 0.6) is 5.75 Å². The molecule has 3 nitrogen and oxygen atoms in total. The van der Waals surface area contributed by atoms with Gasteiger partial charge in [-0.15, -0.1) is 11.3 Å². The molecule has 2 rings (SSSR count). The summed E-state index contributed by atoms with van der Waals surface area (Å²) in [7, 11) is 0. The van der Waals surface area contributed by atoms with Gasteiger partial charge >= 0.3 is 5.97 Å². The van der Waals surface area contributed by atoms with Crippen LogP contribution in [-0.2, 0) is 11.2 Å². The van der Waals surface area contributed by atoms with E-state index >= 15 is 0 Å². The highest BCUT2D eigenvalue weighted by atomic mass is 32.1. The number of hydrogen-bond acceptors (Lipinski definition) is 3. The molecule has 2 aromatic rings. The van der Waals surface area contributed by atoms with Crippen molar-refractivity contribution in [3.05, 3.63) is 52.2 Å². The third kappa shape index (κ3) is 3.61. The maximum Gasteiger partial charge on any atom is 0.312 e. The number of rotatable bonds is 6. The average Bonchev–Trinajstić information content (AvgIpc) is 2.90. The third-order valence-electron chi connectivity index (χ3n) is 2.94. The molecule has 4 heteroatoms. The van der Waals surface area contributed by atoms with Crippen LogP contribution >= 0.6 is 11.3 Å². The molecule has 1 N–H and O–H groups in total. The third-order valence-corrected chi connectivity index (χ3v) is 3.93. The first kappa shape index (κ1) is 14.6. The van der Waals surface area contributed by atoms with Crippen molar-refractivity contribution in [1.82, 2.24) is 0 Å². The van der Waals surface area contributed by atoms with Gasteiger partial charge in [-0.05, 0) is 43.3 Å². The fourth-order valence-corrected chi connectivity index (χ4v) is 2.88. The lowest BCUT2D eigenvalue weighted by Crippen LogP contribution is -2.15. The van der Waals surface area contributed by atoms with Crippen LogP contribution in [0, 0.1) is 0 Å². The molecule has 0 fully saturated rings. The van der Waals surface area contributed by atoms with Gasteiger partial charge in [0.25, 0.3) is 0 Å². The van der Waals surface area contributed by atoms with Crippen LogP contribution < -0.4 is 4.74 Å². The van der Waals surface area contributed by atoms with Crippen LogP contribution in [0.25, 0.3) is 0 Å². The molecule has 106 valence electrons. The van der Waals surface area contributed by atoms with Gasteiger partial charge in [0.15, 0.2) is 0 Å². The minimum atomic E-state index is -0.799. The second-order valence-corrected chi connectivity index (χ2v) is 5.86. The van der Waals surface area contributed by atoms with Crippen molar-refractivity contribution in [2.45, 2.75) is 32.3 Å². The highest BCUT2D eigenvalue weighted by Crippen LogP contribution is 2.29. The monoisotopic (exact) mass is 290 g/mol. The van der Waals surface area contributed by atoms with Crippen LogP contribution in [0.2, 0.25) is 0 Å². The normalized spacial score (nSPS) is 12.3. The molecule has 1 heterocycles. The highest BCUT2D eigenvalue weighted by molar-refractivity contribution is 7.10. The lowest BCUT2D eigenvalue weighted by atomic mass is 9.97. The topological polar surface area (TPSA) is 46.5 Å². The van der Waals surface area contributed by atoms with Crippen LogP contribution in [0.3, 0.4) is 0 Å². The maximum atomic E-state index is 11.5. The zero-order valence-electron chi connectivity index (χ0n) is 11.6. The summed E-state index contributed by atoms with van der Waals surface area (Å²) in [6, 6.07) is 11.4. The summed E-state index contributed by atoms with van der Waals surface area (Å²) >= 11 is 1.48. The van der Waals surface area contributed by atoms with Gasteiger partial charge in [-0.25, -0.2) is 0 Å². The van der Waals surface area contributed by atoms with E-state index in [9.17, 15) is 9.90 Å². The molecule has 0 aliphatic heterocycles. The van der Waals surface area contributed by atoms with Crippen molar-refractivity contribution in [2.75, 3.05) is 0 Å². The molecule has 0 saturated heterocycles. The Morgan fingerprint density at radius 2 is 2.00 bits per heavy atom. The number of aliphatic carboxylic acids is 1. The summed E-state index contributed by atoms with van der Waals surface area (Å²) in [5.74, 6) is -0.552. The van der Waals surface area contributed by atoms with Gasteiger partial charge in [-0.1, -0.05) is 24.3 Å². The van der Waals surface area contributed by atoms with E-state index in [1.54, 1.807) is 0 Å². The van der Waals surface area contributed by atoms with Crippen molar-refractivity contribution in [1.29, 1.82) is 0 Å². The molecule has 0 radical (unpaired) electrons. The first-order valence-electron chi connectivity index (χ1n) is 6.58. The van der Waals surface area contributed by atoms with E-state index < -0.39 is 11.9 Å². The Bertz CT molecular complexity index is 561. The van der Waals surface area contributed by atoms with Crippen molar-refractivity contribution in [3.63, 3.8) is 0 Å². The predicted molar refractivity (Wildman–Crippen MR) is 80.6 cm³/mol. The molecule has 1 aromatic heterocycles. The highest BCUT2D eigenvalue weighted by Gasteiger charge is 2.22. The van der Waals surface area contributed by atoms with Crippen molar-refractivity contribution in [2.24, 2.45) is 0 Å². The lowest BCUT2D eigenvalue weighted by Gasteiger charge is -2.16. The molecule has 1 atom stereocenters. The Morgan fingerprint density at radius 3 is 2.60 bits per heavy atom. The van der Waals surface area contributed by atoms with E-state index in [1.165, 1.54) is 11.3 Å². The van der Waals surface area contributed by atoms with E-state index in [1.807, 2.05) is 55.6 Å². The zero-order chi connectivity index (χ0) is 14.5. The summed E-state index contributed by atoms with van der Waals surface area (Å²) < 4.78 is 5.75. The maximum absolute atomic E-state index is 11.5. The van der Waals surface area contributed by atoms with E-state index in [2.05, 4.69) is 0 Å². The number of ether oxygens (including phenoxy) is 1. The summed E-state index contributed by atoms with van der Waals surface area (Å²) in [5.41, 5.74) is 0.932. The number of para-hydroxylation sites is 1. The van der Waals surface area contributed by atoms with Crippen molar-refractivity contribution in [3.8, 4) is 5.75 Å². The van der Waals surface area contributed by atoms with E-state index in [4.69, 9.17) is 4.74 Å². The molecule has 0 spiro atoms. The first-order valence-corrected chi connectivity index (χ1v) is 7.46. The van der Waals surface area contributed by atoms with Crippen molar-refractivity contribution < 1.29 is 14.6 Å². The number of carboxylic acid groups (broad SMARTS) is 1. The lowest BCUT2D eigenvalue weighted by molar-refractivity contribution is -0.138. The predicted octanol–water partition coefficient (Wildman–Crippen LogP) is 3.95. The van der Waals surface area contributed by atoms with E-state index in [0.29, 0.717) is 6.42 Å². The molecule has 1 unspecified atom stereocenters. The Kier molecular flexibility index (Phi) is 4.79. The van der Waals surface area contributed by atoms with Crippen LogP contribution in [0.15, 0.2) is 41.8 Å². The van der Waals surface area contributed by atoms with Gasteiger partial charge in [0.2, 0.25) is 0 Å². The van der Waals surface area contributed by atoms with E-state index in [-0.39, 0.29) is 6.10 Å². The van der Waals surface area contributed by atoms with Gasteiger partial charge in [0.1, 0.15) is 5.75 Å². The Balaban J connectivity index is 2.25. The smallest absolute Gasteiger partial charge is 0.312 e. The molecule has 0 bridgehead atoms. The van der Waals surface area contributed by atoms with E-state index in [0.717, 1.165) is 16.2 Å². The minimum Gasteiger partial charge on any atom is -0.491 e. The van der Waals surface area contributed by atoms with Crippen LogP contribution in [-0.4, -0.2) is 17.2 Å². The molecule has 0 saturated carbocycles. The number of carbonyl (C=O) groups is 1. The second kappa shape index (κ2) is 6.57. The number of thiophene rings is 1. The molecule has 0 aliphatic rings. The van der Waals surface area contributed by atoms with Gasteiger partial charge in [0, 0.05) is 4.88 Å². The second-order valence-electron chi connectivity index (χ2n) is 4.88. The number of benzene rings is 1. The molecule has 20 heavy (non-hydrogen) atoms. The molecular formula is C16H18O3S. The zero-order valence-corrected chi connectivity index (χ0v) is 12.4. The Hall–Kier alpha value is -1.81. The van der Waals surface area contributed by atoms with Gasteiger partial charge in [0.05, 0.1) is 12.0 Å². The summed E-state index contributed by atoms with van der Waals surface area (Å²) in [5, 5.41) is 11.3. The van der Waals surface area contributed by atoms with Crippen molar-refractivity contribution >= 4 is 17.3 Å². The van der Waals surface area contributed by atoms with Crippen LogP contribution in [0.4, 0.5) is 0 Å². The molecule has 0 amide bonds. The standard InChI is InChI=1S/C16H18O3S/c1-11(2)19-14-7-4-3-6-12(14)10-13(16(17)18)15-8-5-9-20-15/h3-9,11,13H,10H2,1-2H3,(H,17,18). The number of hydrogen-bond donors (Lipinski definition) is 1. The number of carboxylic acids is 1. The van der Waals surface area contributed by atoms with Crippen LogP contribution in [0.1, 0.15) is 30.2 Å². The quantitative estimate of drug-likeness (QED) is 0.876. The summed E-state index contributed by atoms with van der Waals surface area (Å²) in [6.07, 6.45) is 0.514. The van der Waals surface area contributed by atoms with Gasteiger partial charge in [-0.3, -0.25) is 4.79 Å². The largest absolute Gasteiger partial charge is 0.491 e. The summed E-state index contributed by atoms with van der Waals surface area (Å²) in [6.45, 7) is 3.93. The van der Waals surface area contributed by atoms with Gasteiger partial charge in [-0.2, -0.15) is 0 Å². The molecule has 1 aromatic carbocycles. The first-order chi connectivity index (χ1) is 9.58. The molecule has 0 aliphatic carbocycles. The minimum absolute atomic E-state index is 0.0705. The SMILES string of the molecule is CC(C)Oc1ccccc1CC(C(=O)O)c1cccs1. The Morgan fingerprint density at radius 1 is 1.25 bits per heavy atom. The summed E-state index contributed by atoms with van der Waals surface area (Å²) in [4.78, 5) is 12.4.